The smallest absolute Gasteiger partial charge is 0.211 e. The highest BCUT2D eigenvalue weighted by atomic mass is 35.5. The van der Waals surface area contributed by atoms with Gasteiger partial charge in [-0.05, 0) is 64.2 Å². The lowest BCUT2D eigenvalue weighted by molar-refractivity contribution is 0.179. The predicted octanol–water partition coefficient (Wildman–Crippen LogP) is 6.43. The zero-order chi connectivity index (χ0) is 27.5. The van der Waals surface area contributed by atoms with Crippen LogP contribution in [-0.2, 0) is 24.2 Å². The summed E-state index contributed by atoms with van der Waals surface area (Å²) in [6.45, 7) is 9.61. The number of aromatic nitrogens is 3. The summed E-state index contributed by atoms with van der Waals surface area (Å²) < 4.78 is 18.7. The second-order valence-corrected chi connectivity index (χ2v) is 14.6. The molecule has 4 aromatic rings. The first-order valence-electron chi connectivity index (χ1n) is 13.4. The minimum atomic E-state index is -1.19. The molecule has 1 aliphatic heterocycles. The molecule has 0 radical (unpaired) electrons. The summed E-state index contributed by atoms with van der Waals surface area (Å²) in [7, 11) is 0. The van der Waals surface area contributed by atoms with Crippen molar-refractivity contribution in [3.63, 3.8) is 0 Å². The Morgan fingerprint density at radius 3 is 2.49 bits per heavy atom. The van der Waals surface area contributed by atoms with Gasteiger partial charge in [0.1, 0.15) is 10.4 Å². The van der Waals surface area contributed by atoms with Gasteiger partial charge in [0, 0.05) is 53.4 Å². The highest BCUT2D eigenvalue weighted by molar-refractivity contribution is 7.90. The van der Waals surface area contributed by atoms with Gasteiger partial charge in [-0.3, -0.25) is 4.40 Å². The summed E-state index contributed by atoms with van der Waals surface area (Å²) >= 11 is 11.8. The van der Waals surface area contributed by atoms with Crippen molar-refractivity contribution >= 4 is 46.2 Å². The average Bonchev–Trinajstić information content (AvgIpc) is 3.52. The van der Waals surface area contributed by atoms with Crippen molar-refractivity contribution < 1.29 is 4.55 Å². The summed E-state index contributed by atoms with van der Waals surface area (Å²) in [6.07, 6.45) is 6.71. The van der Waals surface area contributed by atoms with Crippen LogP contribution in [0.3, 0.4) is 0 Å². The molecule has 2 aliphatic rings. The molecule has 2 atom stereocenters. The third kappa shape index (κ3) is 4.72. The number of hydrogen-bond acceptors (Lipinski definition) is 5. The van der Waals surface area contributed by atoms with Crippen LogP contribution in [0.2, 0.25) is 10.0 Å². The Morgan fingerprint density at radius 2 is 1.79 bits per heavy atom. The van der Waals surface area contributed by atoms with Gasteiger partial charge in [-0.2, -0.15) is 0 Å². The number of nitrogens with zero attached hydrogens (tertiary/aromatic N) is 4. The molecular weight excluding hydrogens is 549 g/mol. The summed E-state index contributed by atoms with van der Waals surface area (Å²) in [5, 5.41) is 0.998. The molecule has 9 heteroatoms. The summed E-state index contributed by atoms with van der Waals surface area (Å²) in [5.74, 6) is 0.834. The molecule has 1 fully saturated rings. The van der Waals surface area contributed by atoms with Gasteiger partial charge in [0.2, 0.25) is 5.95 Å². The summed E-state index contributed by atoms with van der Waals surface area (Å²) in [6, 6.07) is 14.4. The van der Waals surface area contributed by atoms with E-state index in [-0.39, 0.29) is 16.2 Å². The van der Waals surface area contributed by atoms with Gasteiger partial charge in [-0.1, -0.05) is 59.6 Å². The van der Waals surface area contributed by atoms with E-state index < -0.39 is 11.4 Å². The van der Waals surface area contributed by atoms with Gasteiger partial charge >= 0.3 is 0 Å². The summed E-state index contributed by atoms with van der Waals surface area (Å²) in [5.41, 5.74) is 6.15. The van der Waals surface area contributed by atoms with E-state index >= 15 is 0 Å². The Labute approximate surface area is 243 Å². The molecule has 2 aromatic carbocycles. The van der Waals surface area contributed by atoms with Crippen molar-refractivity contribution in [2.45, 2.75) is 57.7 Å². The summed E-state index contributed by atoms with van der Waals surface area (Å²) in [4.78, 5) is 12.1. The van der Waals surface area contributed by atoms with E-state index in [2.05, 4.69) is 33.9 Å². The maximum atomic E-state index is 13.4. The third-order valence-corrected chi connectivity index (χ3v) is 10.7. The molecule has 6 rings (SSSR count). The van der Waals surface area contributed by atoms with Crippen LogP contribution in [0.15, 0.2) is 54.9 Å². The van der Waals surface area contributed by atoms with Gasteiger partial charge in [0.25, 0.3) is 0 Å². The number of benzene rings is 2. The van der Waals surface area contributed by atoms with E-state index in [1.165, 1.54) is 11.1 Å². The van der Waals surface area contributed by atoms with Crippen LogP contribution < -0.4 is 9.62 Å². The molecule has 1 saturated heterocycles. The second-order valence-electron chi connectivity index (χ2n) is 11.8. The standard InChI is InChI=1S/C30H33Cl2N5OS/c1-19-25(22-10-7-11-23(31)26(22)32)27-33-13-15-37(27)28(34-19)36-14-12-30(16-20-8-5-6-9-21(20)17-30)24(18-36)35-39(38)29(2,3)4/h5-11,13,15,24,35H,12,14,16-18H2,1-4H3. The monoisotopic (exact) mass is 581 g/mol. The van der Waals surface area contributed by atoms with E-state index in [0.717, 1.165) is 54.2 Å². The number of fused-ring (bicyclic) bond motifs is 2. The van der Waals surface area contributed by atoms with Crippen LogP contribution >= 0.6 is 23.2 Å². The van der Waals surface area contributed by atoms with Crippen LogP contribution in [0.25, 0.3) is 16.8 Å². The van der Waals surface area contributed by atoms with Crippen molar-refractivity contribution in [2.75, 3.05) is 18.0 Å². The highest BCUT2D eigenvalue weighted by Gasteiger charge is 2.50. The molecule has 0 amide bonds. The maximum absolute atomic E-state index is 13.4. The Kier molecular flexibility index (Phi) is 6.87. The first-order valence-corrected chi connectivity index (χ1v) is 15.3. The number of imidazole rings is 1. The van der Waals surface area contributed by atoms with Crippen molar-refractivity contribution in [1.29, 1.82) is 0 Å². The Bertz CT molecular complexity index is 1520. The average molecular weight is 583 g/mol. The number of halogens is 2. The van der Waals surface area contributed by atoms with E-state index in [0.29, 0.717) is 16.6 Å². The fraction of sp³-hybridized carbons (Fsp3) is 0.400. The fourth-order valence-electron chi connectivity index (χ4n) is 6.14. The van der Waals surface area contributed by atoms with Crippen molar-refractivity contribution in [1.82, 2.24) is 19.1 Å². The van der Waals surface area contributed by atoms with E-state index in [9.17, 15) is 4.55 Å². The molecule has 0 saturated carbocycles. The van der Waals surface area contributed by atoms with Crippen molar-refractivity contribution in [2.24, 2.45) is 5.41 Å². The molecular formula is C30H33Cl2N5OS. The number of rotatable bonds is 4. The molecule has 3 heterocycles. The molecule has 6 nitrogen and oxygen atoms in total. The molecule has 2 aromatic heterocycles. The SMILES string of the molecule is Cc1nc(N2CCC3(Cc4ccccc4C3)C(N[S+]([O-])C(C)(C)C)C2)n2ccnc2c1-c1cccc(Cl)c1Cl. The van der Waals surface area contributed by atoms with Gasteiger partial charge in [-0.25, -0.2) is 9.97 Å². The second kappa shape index (κ2) is 9.96. The van der Waals surface area contributed by atoms with Gasteiger partial charge in [0.15, 0.2) is 0 Å². The normalized spacial score (nSPS) is 19.6. The van der Waals surface area contributed by atoms with Crippen molar-refractivity contribution in [3.05, 3.63) is 81.7 Å². The largest absolute Gasteiger partial charge is 0.598 e. The number of piperidine rings is 1. The van der Waals surface area contributed by atoms with Crippen LogP contribution in [0, 0.1) is 12.3 Å². The van der Waals surface area contributed by atoms with Crippen LogP contribution in [0.1, 0.15) is 44.0 Å². The van der Waals surface area contributed by atoms with E-state index in [1.54, 1.807) is 12.3 Å². The van der Waals surface area contributed by atoms with E-state index in [4.69, 9.17) is 33.2 Å². The number of anilines is 1. The van der Waals surface area contributed by atoms with Gasteiger partial charge in [0.05, 0.1) is 21.8 Å². The van der Waals surface area contributed by atoms with Gasteiger partial charge in [-0.15, -0.1) is 4.72 Å². The molecule has 1 spiro atoms. The Morgan fingerprint density at radius 1 is 1.08 bits per heavy atom. The third-order valence-electron chi connectivity index (χ3n) is 8.24. The Hall–Kier alpha value is -2.29. The van der Waals surface area contributed by atoms with Crippen LogP contribution in [0.5, 0.6) is 0 Å². The first kappa shape index (κ1) is 26.9. The highest BCUT2D eigenvalue weighted by Crippen LogP contribution is 2.46. The van der Waals surface area contributed by atoms with Gasteiger partial charge < -0.3 is 9.45 Å². The van der Waals surface area contributed by atoms with Crippen LogP contribution in [-0.4, -0.2) is 42.8 Å². The lowest BCUT2D eigenvalue weighted by Crippen LogP contribution is -2.61. The molecule has 39 heavy (non-hydrogen) atoms. The number of aryl methyl sites for hydroxylation is 1. The quantitative estimate of drug-likeness (QED) is 0.281. The zero-order valence-corrected chi connectivity index (χ0v) is 25.0. The Balaban J connectivity index is 1.39. The minimum absolute atomic E-state index is 0.0123. The topological polar surface area (TPSA) is 68.5 Å². The van der Waals surface area contributed by atoms with Crippen LogP contribution in [0.4, 0.5) is 5.95 Å². The number of nitrogens with one attached hydrogen (secondary N) is 1. The zero-order valence-electron chi connectivity index (χ0n) is 22.7. The van der Waals surface area contributed by atoms with E-state index in [1.807, 2.05) is 50.4 Å². The first-order chi connectivity index (χ1) is 18.6. The molecule has 0 bridgehead atoms. The molecule has 1 aliphatic carbocycles. The molecule has 204 valence electrons. The number of hydrogen-bond donors (Lipinski definition) is 1. The lowest BCUT2D eigenvalue weighted by atomic mass is 9.72. The predicted molar refractivity (Wildman–Crippen MR) is 161 cm³/mol. The lowest BCUT2D eigenvalue weighted by Gasteiger charge is -2.47. The molecule has 1 N–H and O–H groups in total. The van der Waals surface area contributed by atoms with Crippen molar-refractivity contribution in [3.8, 4) is 11.1 Å². The fourth-order valence-corrected chi connectivity index (χ4v) is 7.47. The molecule has 2 unspecified atom stereocenters. The maximum Gasteiger partial charge on any atom is 0.211 e. The minimum Gasteiger partial charge on any atom is -0.598 e.